The summed E-state index contributed by atoms with van der Waals surface area (Å²) in [5.74, 6) is -0.716. The van der Waals surface area contributed by atoms with E-state index in [4.69, 9.17) is 0 Å². The summed E-state index contributed by atoms with van der Waals surface area (Å²) in [6.45, 7) is 0.261. The van der Waals surface area contributed by atoms with Crippen molar-refractivity contribution >= 4 is 15.8 Å². The summed E-state index contributed by atoms with van der Waals surface area (Å²) in [5.41, 5.74) is 1.21. The lowest BCUT2D eigenvalue weighted by molar-refractivity contribution is 0.590. The van der Waals surface area contributed by atoms with E-state index in [2.05, 4.69) is 4.98 Å². The Labute approximate surface area is 127 Å². The lowest BCUT2D eigenvalue weighted by Crippen LogP contribution is -2.32. The van der Waals surface area contributed by atoms with Crippen molar-refractivity contribution in [1.82, 2.24) is 4.98 Å². The van der Waals surface area contributed by atoms with Gasteiger partial charge in [0.25, 0.3) is 0 Å². The molecular weight excluding hydrogens is 310 g/mol. The third-order valence-electron chi connectivity index (χ3n) is 3.60. The van der Waals surface area contributed by atoms with Crippen LogP contribution in [0.25, 0.3) is 0 Å². The molecule has 0 N–H and O–H groups in total. The van der Waals surface area contributed by atoms with E-state index in [1.807, 2.05) is 0 Å². The molecule has 1 aliphatic heterocycles. The Kier molecular flexibility index (Phi) is 3.82. The number of fused-ring (bicyclic) bond motifs is 1. The van der Waals surface area contributed by atoms with E-state index < -0.39 is 21.7 Å². The molecule has 4 nitrogen and oxygen atoms in total. The van der Waals surface area contributed by atoms with Crippen LogP contribution in [0.1, 0.15) is 11.1 Å². The SMILES string of the molecule is O=S(=O)(CCc1cccc(F)c1)N1CCc2cc(F)cnc21. The van der Waals surface area contributed by atoms with Crippen molar-refractivity contribution in [3.63, 3.8) is 0 Å². The normalized spacial score (nSPS) is 14.2. The molecule has 7 heteroatoms. The number of sulfonamides is 1. The number of benzene rings is 1. The maximum Gasteiger partial charge on any atom is 0.236 e. The summed E-state index contributed by atoms with van der Waals surface area (Å²) in [4.78, 5) is 3.89. The number of pyridine rings is 1. The molecule has 0 atom stereocenters. The zero-order valence-corrected chi connectivity index (χ0v) is 12.5. The van der Waals surface area contributed by atoms with E-state index in [1.165, 1.54) is 22.5 Å². The molecule has 0 bridgehead atoms. The van der Waals surface area contributed by atoms with Crippen molar-refractivity contribution in [2.75, 3.05) is 16.6 Å². The second-order valence-corrected chi connectivity index (χ2v) is 7.17. The molecule has 1 aromatic heterocycles. The lowest BCUT2D eigenvalue weighted by Gasteiger charge is -2.18. The highest BCUT2D eigenvalue weighted by atomic mass is 32.2. The van der Waals surface area contributed by atoms with Crippen LogP contribution in [0.5, 0.6) is 0 Å². The van der Waals surface area contributed by atoms with Crippen molar-refractivity contribution < 1.29 is 17.2 Å². The van der Waals surface area contributed by atoms with Gasteiger partial charge in [-0.2, -0.15) is 0 Å². The molecular formula is C15H14F2N2O2S. The van der Waals surface area contributed by atoms with E-state index in [0.717, 1.165) is 6.20 Å². The first-order chi connectivity index (χ1) is 10.5. The molecule has 1 aromatic carbocycles. The highest BCUT2D eigenvalue weighted by molar-refractivity contribution is 7.92. The fourth-order valence-corrected chi connectivity index (χ4v) is 4.04. The fraction of sp³-hybridized carbons (Fsp3) is 0.267. The number of rotatable bonds is 4. The molecule has 0 fully saturated rings. The highest BCUT2D eigenvalue weighted by Gasteiger charge is 2.30. The van der Waals surface area contributed by atoms with Crippen molar-refractivity contribution in [1.29, 1.82) is 0 Å². The van der Waals surface area contributed by atoms with Gasteiger partial charge < -0.3 is 0 Å². The van der Waals surface area contributed by atoms with Gasteiger partial charge in [-0.1, -0.05) is 12.1 Å². The standard InChI is InChI=1S/C15H14F2N2O2S/c16-13-3-1-2-11(8-13)5-7-22(20,21)19-6-4-12-9-14(17)10-18-15(12)19/h1-3,8-10H,4-7H2. The third kappa shape index (κ3) is 2.94. The summed E-state index contributed by atoms with van der Waals surface area (Å²) in [5, 5.41) is 0. The molecule has 2 heterocycles. The second kappa shape index (κ2) is 5.64. The fourth-order valence-electron chi connectivity index (χ4n) is 2.53. The van der Waals surface area contributed by atoms with Crippen molar-refractivity contribution in [2.24, 2.45) is 0 Å². The van der Waals surface area contributed by atoms with Crippen LogP contribution >= 0.6 is 0 Å². The minimum Gasteiger partial charge on any atom is -0.253 e. The van der Waals surface area contributed by atoms with Crippen molar-refractivity contribution in [3.05, 3.63) is 59.3 Å². The Hall–Kier alpha value is -2.02. The van der Waals surface area contributed by atoms with Crippen LogP contribution in [0.4, 0.5) is 14.6 Å². The lowest BCUT2D eigenvalue weighted by atomic mass is 10.2. The number of hydrogen-bond acceptors (Lipinski definition) is 3. The van der Waals surface area contributed by atoms with Crippen LogP contribution in [0.15, 0.2) is 36.5 Å². The van der Waals surface area contributed by atoms with Crippen LogP contribution in [0.3, 0.4) is 0 Å². The van der Waals surface area contributed by atoms with Crippen LogP contribution in [0, 0.1) is 11.6 Å². The minimum atomic E-state index is -3.57. The monoisotopic (exact) mass is 324 g/mol. The average Bonchev–Trinajstić information content (AvgIpc) is 2.89. The zero-order valence-electron chi connectivity index (χ0n) is 11.7. The van der Waals surface area contributed by atoms with Gasteiger partial charge in [0, 0.05) is 12.1 Å². The van der Waals surface area contributed by atoms with E-state index in [0.29, 0.717) is 23.4 Å². The van der Waals surface area contributed by atoms with Crippen molar-refractivity contribution in [2.45, 2.75) is 12.8 Å². The van der Waals surface area contributed by atoms with Gasteiger partial charge in [0.1, 0.15) is 17.5 Å². The quantitative estimate of drug-likeness (QED) is 0.867. The predicted molar refractivity (Wildman–Crippen MR) is 79.1 cm³/mol. The number of anilines is 1. The molecule has 0 saturated heterocycles. The molecule has 3 rings (SSSR count). The summed E-state index contributed by atoms with van der Waals surface area (Å²) in [6.07, 6.45) is 1.67. The maximum absolute atomic E-state index is 13.1. The second-order valence-electron chi connectivity index (χ2n) is 5.15. The Morgan fingerprint density at radius 2 is 2.00 bits per heavy atom. The molecule has 2 aromatic rings. The van der Waals surface area contributed by atoms with Crippen LogP contribution in [-0.2, 0) is 22.9 Å². The van der Waals surface area contributed by atoms with Gasteiger partial charge in [-0.25, -0.2) is 22.2 Å². The van der Waals surface area contributed by atoms with Gasteiger partial charge in [0.2, 0.25) is 10.0 Å². The Morgan fingerprint density at radius 1 is 1.18 bits per heavy atom. The summed E-state index contributed by atoms with van der Waals surface area (Å²) >= 11 is 0. The van der Waals surface area contributed by atoms with E-state index in [9.17, 15) is 17.2 Å². The number of nitrogens with zero attached hydrogens (tertiary/aromatic N) is 2. The molecule has 0 aliphatic carbocycles. The van der Waals surface area contributed by atoms with E-state index in [1.54, 1.807) is 12.1 Å². The van der Waals surface area contributed by atoms with Gasteiger partial charge in [-0.15, -0.1) is 0 Å². The van der Waals surface area contributed by atoms with E-state index in [-0.39, 0.29) is 18.7 Å². The summed E-state index contributed by atoms with van der Waals surface area (Å²) < 4.78 is 52.3. The Morgan fingerprint density at radius 3 is 2.77 bits per heavy atom. The smallest absolute Gasteiger partial charge is 0.236 e. The van der Waals surface area contributed by atoms with Crippen molar-refractivity contribution in [3.8, 4) is 0 Å². The Balaban J connectivity index is 1.78. The molecule has 1 aliphatic rings. The van der Waals surface area contributed by atoms with Gasteiger partial charge in [0.05, 0.1) is 11.9 Å². The topological polar surface area (TPSA) is 50.3 Å². The van der Waals surface area contributed by atoms with Gasteiger partial charge in [-0.05, 0) is 36.6 Å². The Bertz CT molecular complexity index is 809. The predicted octanol–water partition coefficient (Wildman–Crippen LogP) is 2.29. The first-order valence-electron chi connectivity index (χ1n) is 6.85. The third-order valence-corrected chi connectivity index (χ3v) is 5.35. The summed E-state index contributed by atoms with van der Waals surface area (Å²) in [7, 11) is -3.57. The number of halogens is 2. The number of aromatic nitrogens is 1. The zero-order chi connectivity index (χ0) is 15.7. The molecule has 0 unspecified atom stereocenters. The molecule has 0 radical (unpaired) electrons. The van der Waals surface area contributed by atoms with Crippen LogP contribution < -0.4 is 4.31 Å². The first kappa shape index (κ1) is 14.9. The average molecular weight is 324 g/mol. The molecule has 0 spiro atoms. The number of hydrogen-bond donors (Lipinski definition) is 0. The minimum absolute atomic E-state index is 0.144. The summed E-state index contributed by atoms with van der Waals surface area (Å²) in [6, 6.07) is 7.18. The van der Waals surface area contributed by atoms with E-state index >= 15 is 0 Å². The van der Waals surface area contributed by atoms with Crippen LogP contribution in [-0.4, -0.2) is 25.7 Å². The molecule has 116 valence electrons. The van der Waals surface area contributed by atoms with Crippen LogP contribution in [0.2, 0.25) is 0 Å². The maximum atomic E-state index is 13.1. The van der Waals surface area contributed by atoms with Gasteiger partial charge >= 0.3 is 0 Å². The first-order valence-corrected chi connectivity index (χ1v) is 8.46. The molecule has 0 amide bonds. The molecule has 0 saturated carbocycles. The van der Waals surface area contributed by atoms with Gasteiger partial charge in [0.15, 0.2) is 0 Å². The van der Waals surface area contributed by atoms with Gasteiger partial charge in [-0.3, -0.25) is 4.31 Å². The number of aryl methyl sites for hydroxylation is 1. The largest absolute Gasteiger partial charge is 0.253 e. The highest BCUT2D eigenvalue weighted by Crippen LogP contribution is 2.28. The molecule has 22 heavy (non-hydrogen) atoms.